The fourth-order valence-electron chi connectivity index (χ4n) is 2.37. The molecule has 3 nitrogen and oxygen atoms in total. The number of rotatable bonds is 3. The van der Waals surface area contributed by atoms with Crippen molar-refractivity contribution >= 4 is 22.9 Å². The van der Waals surface area contributed by atoms with Crippen molar-refractivity contribution in [3.63, 3.8) is 0 Å². The molecule has 1 amide bonds. The third kappa shape index (κ3) is 2.49. The van der Waals surface area contributed by atoms with Crippen LogP contribution in [0.25, 0.3) is 0 Å². The summed E-state index contributed by atoms with van der Waals surface area (Å²) >= 11 is 1.65. The van der Waals surface area contributed by atoms with Gasteiger partial charge in [0.05, 0.1) is 6.04 Å². The summed E-state index contributed by atoms with van der Waals surface area (Å²) in [4.78, 5) is 12.2. The normalized spacial score (nSPS) is 18.5. The number of hydrogen-bond donors (Lipinski definition) is 2. The zero-order valence-electron chi connectivity index (χ0n) is 10.7. The minimum atomic E-state index is -0.154. The van der Waals surface area contributed by atoms with Gasteiger partial charge in [0.2, 0.25) is 5.91 Å². The van der Waals surface area contributed by atoms with Crippen LogP contribution in [0.5, 0.6) is 0 Å². The Morgan fingerprint density at radius 1 is 1.42 bits per heavy atom. The molecule has 0 fully saturated rings. The van der Waals surface area contributed by atoms with E-state index in [1.165, 1.54) is 5.56 Å². The van der Waals surface area contributed by atoms with E-state index in [0.29, 0.717) is 0 Å². The van der Waals surface area contributed by atoms with Gasteiger partial charge in [-0.3, -0.25) is 4.79 Å². The lowest BCUT2D eigenvalue weighted by atomic mass is 10.1. The Labute approximate surface area is 116 Å². The summed E-state index contributed by atoms with van der Waals surface area (Å²) in [5.74, 6) is 0.0647. The number of carbonyl (C=O) groups excluding carboxylic acids is 1. The lowest BCUT2D eigenvalue weighted by Crippen LogP contribution is -2.39. The van der Waals surface area contributed by atoms with E-state index in [9.17, 15) is 4.79 Å². The molecule has 0 saturated carbocycles. The molecule has 4 heteroatoms. The number of nitrogens with one attached hydrogen (secondary N) is 2. The van der Waals surface area contributed by atoms with Gasteiger partial charge in [-0.15, -0.1) is 0 Å². The summed E-state index contributed by atoms with van der Waals surface area (Å²) in [5.41, 5.74) is 3.45. The van der Waals surface area contributed by atoms with Crippen LogP contribution in [0, 0.1) is 0 Å². The predicted octanol–water partition coefficient (Wildman–Crippen LogP) is 2.96. The van der Waals surface area contributed by atoms with Gasteiger partial charge in [0.25, 0.3) is 0 Å². The SMILES string of the molecule is CC(NC(=O)C1Cc2ccccc2N1)c1ccsc1. The molecule has 1 aliphatic heterocycles. The predicted molar refractivity (Wildman–Crippen MR) is 78.4 cm³/mol. The zero-order chi connectivity index (χ0) is 13.2. The van der Waals surface area contributed by atoms with Crippen LogP contribution in [-0.2, 0) is 11.2 Å². The Bertz CT molecular complexity index is 555. The molecule has 0 aliphatic carbocycles. The first kappa shape index (κ1) is 12.2. The van der Waals surface area contributed by atoms with Crippen molar-refractivity contribution < 1.29 is 4.79 Å². The first-order chi connectivity index (χ1) is 9.24. The van der Waals surface area contributed by atoms with Crippen molar-refractivity contribution in [2.75, 3.05) is 5.32 Å². The van der Waals surface area contributed by atoms with Gasteiger partial charge in [0.1, 0.15) is 6.04 Å². The van der Waals surface area contributed by atoms with E-state index in [1.54, 1.807) is 11.3 Å². The van der Waals surface area contributed by atoms with Crippen molar-refractivity contribution in [3.8, 4) is 0 Å². The Balaban J connectivity index is 1.64. The Hall–Kier alpha value is -1.81. The van der Waals surface area contributed by atoms with E-state index in [2.05, 4.69) is 22.1 Å². The van der Waals surface area contributed by atoms with Crippen LogP contribution in [0.4, 0.5) is 5.69 Å². The fraction of sp³-hybridized carbons (Fsp3) is 0.267. The molecule has 2 N–H and O–H groups in total. The maximum Gasteiger partial charge on any atom is 0.243 e. The molecule has 2 unspecified atom stereocenters. The molecular weight excluding hydrogens is 256 g/mol. The highest BCUT2D eigenvalue weighted by molar-refractivity contribution is 7.07. The van der Waals surface area contributed by atoms with E-state index >= 15 is 0 Å². The second-order valence-electron chi connectivity index (χ2n) is 4.85. The van der Waals surface area contributed by atoms with Gasteiger partial charge in [0.15, 0.2) is 0 Å². The van der Waals surface area contributed by atoms with Gasteiger partial charge in [-0.25, -0.2) is 0 Å². The number of hydrogen-bond acceptors (Lipinski definition) is 3. The minimum Gasteiger partial charge on any atom is -0.373 e. The number of amides is 1. The van der Waals surface area contributed by atoms with Crippen molar-refractivity contribution in [1.29, 1.82) is 0 Å². The maximum absolute atomic E-state index is 12.2. The molecule has 2 heterocycles. The topological polar surface area (TPSA) is 41.1 Å². The fourth-order valence-corrected chi connectivity index (χ4v) is 3.13. The molecule has 0 radical (unpaired) electrons. The van der Waals surface area contributed by atoms with Crippen LogP contribution in [0.15, 0.2) is 41.1 Å². The average molecular weight is 272 g/mol. The van der Waals surface area contributed by atoms with Crippen molar-refractivity contribution in [1.82, 2.24) is 5.32 Å². The van der Waals surface area contributed by atoms with Crippen LogP contribution in [0.3, 0.4) is 0 Å². The molecule has 0 bridgehead atoms. The number of fused-ring (bicyclic) bond motifs is 1. The van der Waals surface area contributed by atoms with Crippen LogP contribution in [-0.4, -0.2) is 11.9 Å². The first-order valence-electron chi connectivity index (χ1n) is 6.41. The van der Waals surface area contributed by atoms with E-state index in [0.717, 1.165) is 17.7 Å². The zero-order valence-corrected chi connectivity index (χ0v) is 11.5. The number of para-hydroxylation sites is 1. The van der Waals surface area contributed by atoms with Gasteiger partial charge in [-0.2, -0.15) is 11.3 Å². The number of thiophene rings is 1. The van der Waals surface area contributed by atoms with Crippen molar-refractivity contribution in [2.45, 2.75) is 25.4 Å². The van der Waals surface area contributed by atoms with Crippen molar-refractivity contribution in [2.24, 2.45) is 0 Å². The Morgan fingerprint density at radius 2 is 2.26 bits per heavy atom. The molecule has 1 aliphatic rings. The second-order valence-corrected chi connectivity index (χ2v) is 5.63. The maximum atomic E-state index is 12.2. The van der Waals surface area contributed by atoms with E-state index in [4.69, 9.17) is 0 Å². The number of benzene rings is 1. The highest BCUT2D eigenvalue weighted by atomic mass is 32.1. The molecule has 2 aromatic rings. The van der Waals surface area contributed by atoms with Crippen LogP contribution in [0.2, 0.25) is 0 Å². The lowest BCUT2D eigenvalue weighted by molar-refractivity contribution is -0.122. The molecule has 1 aromatic carbocycles. The summed E-state index contributed by atoms with van der Waals surface area (Å²) in [6, 6.07) is 10.0. The quantitative estimate of drug-likeness (QED) is 0.902. The largest absolute Gasteiger partial charge is 0.373 e. The highest BCUT2D eigenvalue weighted by Crippen LogP contribution is 2.25. The average Bonchev–Trinajstić information content (AvgIpc) is 3.07. The first-order valence-corrected chi connectivity index (χ1v) is 7.35. The van der Waals surface area contributed by atoms with E-state index in [-0.39, 0.29) is 18.0 Å². The standard InChI is InChI=1S/C15H16N2OS/c1-10(12-6-7-19-9-12)16-15(18)14-8-11-4-2-3-5-13(11)17-14/h2-7,9-10,14,17H,8H2,1H3,(H,16,18). The lowest BCUT2D eigenvalue weighted by Gasteiger charge is -2.16. The molecule has 3 rings (SSSR count). The number of carbonyl (C=O) groups is 1. The smallest absolute Gasteiger partial charge is 0.243 e. The second kappa shape index (κ2) is 5.05. The van der Waals surface area contributed by atoms with Crippen LogP contribution < -0.4 is 10.6 Å². The molecule has 98 valence electrons. The van der Waals surface area contributed by atoms with Crippen LogP contribution in [0.1, 0.15) is 24.1 Å². The monoisotopic (exact) mass is 272 g/mol. The molecule has 0 spiro atoms. The summed E-state index contributed by atoms with van der Waals surface area (Å²) in [6.45, 7) is 2.02. The van der Waals surface area contributed by atoms with Gasteiger partial charge in [-0.1, -0.05) is 18.2 Å². The Kier molecular flexibility index (Phi) is 3.25. The Morgan fingerprint density at radius 3 is 3.00 bits per heavy atom. The summed E-state index contributed by atoms with van der Waals surface area (Å²) in [7, 11) is 0. The molecule has 19 heavy (non-hydrogen) atoms. The third-order valence-electron chi connectivity index (χ3n) is 3.49. The third-order valence-corrected chi connectivity index (χ3v) is 4.19. The van der Waals surface area contributed by atoms with Crippen LogP contribution >= 0.6 is 11.3 Å². The van der Waals surface area contributed by atoms with Gasteiger partial charge < -0.3 is 10.6 Å². The summed E-state index contributed by atoms with van der Waals surface area (Å²) < 4.78 is 0. The van der Waals surface area contributed by atoms with Gasteiger partial charge in [0, 0.05) is 12.1 Å². The molecule has 1 aromatic heterocycles. The number of anilines is 1. The van der Waals surface area contributed by atoms with E-state index < -0.39 is 0 Å². The molecule has 2 atom stereocenters. The van der Waals surface area contributed by atoms with Gasteiger partial charge in [-0.05, 0) is 40.9 Å². The minimum absolute atomic E-state index is 0.0595. The van der Waals surface area contributed by atoms with E-state index in [1.807, 2.05) is 36.6 Å². The molecule has 0 saturated heterocycles. The highest BCUT2D eigenvalue weighted by Gasteiger charge is 2.27. The van der Waals surface area contributed by atoms with Crippen molar-refractivity contribution in [3.05, 3.63) is 52.2 Å². The summed E-state index contributed by atoms with van der Waals surface area (Å²) in [5, 5.41) is 10.4. The summed E-state index contributed by atoms with van der Waals surface area (Å²) in [6.07, 6.45) is 0.762. The molecular formula is C15H16N2OS. The van der Waals surface area contributed by atoms with Gasteiger partial charge >= 0.3 is 0 Å².